The summed E-state index contributed by atoms with van der Waals surface area (Å²) in [7, 11) is 0. The molecule has 1 heterocycles. The monoisotopic (exact) mass is 539 g/mol. The predicted octanol–water partition coefficient (Wildman–Crippen LogP) is 5.23. The van der Waals surface area contributed by atoms with Crippen molar-refractivity contribution in [2.75, 3.05) is 11.4 Å². The maximum absolute atomic E-state index is 13.4. The van der Waals surface area contributed by atoms with E-state index in [1.54, 1.807) is 12.1 Å². The van der Waals surface area contributed by atoms with Gasteiger partial charge in [-0.25, -0.2) is 0 Å². The van der Waals surface area contributed by atoms with Gasteiger partial charge in [-0.15, -0.1) is 0 Å². The van der Waals surface area contributed by atoms with Crippen molar-refractivity contribution in [3.63, 3.8) is 0 Å². The summed E-state index contributed by atoms with van der Waals surface area (Å²) < 4.78 is 0. The van der Waals surface area contributed by atoms with Gasteiger partial charge in [0.25, 0.3) is 0 Å². The van der Waals surface area contributed by atoms with Gasteiger partial charge in [-0.05, 0) is 115 Å². The summed E-state index contributed by atoms with van der Waals surface area (Å²) in [6, 6.07) is 17.6. The molecule has 210 valence electrons. The van der Waals surface area contributed by atoms with E-state index in [4.69, 9.17) is 5.73 Å². The molecule has 6 heteroatoms. The van der Waals surface area contributed by atoms with Crippen LogP contribution in [0, 0.1) is 19.8 Å². The second kappa shape index (κ2) is 11.8. The molecular formula is C34H41N3O3. The standard InChI is InChI=1S/C34H41N3O3/c1-4-7-33(39)37-13-12-31(36-34(40)30(35)20-28-21(2)14-27(38)15-22(28)3)29-19-23(10-11-32(29)37)16-24-17-25-8-5-6-9-26(25)18-24/h5-6,8-11,14-15,19,24,30-31,38H,4,7,12-13,16-18,20,35H2,1-3H3,(H,36,40)/t30-,31+/m0/s1. The van der Waals surface area contributed by atoms with E-state index in [0.717, 1.165) is 53.6 Å². The molecule has 0 aromatic heterocycles. The number of aryl methyl sites for hydroxylation is 2. The SMILES string of the molecule is CCCC(=O)N1CC[C@@H](NC(=O)[C@@H](N)Cc2c(C)cc(O)cc2C)c2cc(CC3Cc4ccccc4C3)ccc21. The smallest absolute Gasteiger partial charge is 0.237 e. The normalized spacial score (nSPS) is 17.3. The average Bonchev–Trinajstić information content (AvgIpc) is 3.33. The fourth-order valence-corrected chi connectivity index (χ4v) is 6.56. The van der Waals surface area contributed by atoms with Crippen molar-refractivity contribution in [1.29, 1.82) is 0 Å². The molecule has 2 aliphatic rings. The molecule has 40 heavy (non-hydrogen) atoms. The van der Waals surface area contributed by atoms with Gasteiger partial charge in [-0.2, -0.15) is 0 Å². The molecule has 1 aliphatic carbocycles. The Balaban J connectivity index is 1.35. The number of amides is 2. The second-order valence-electron chi connectivity index (χ2n) is 11.7. The number of nitrogens with zero attached hydrogens (tertiary/aromatic N) is 1. The van der Waals surface area contributed by atoms with Gasteiger partial charge in [0.15, 0.2) is 0 Å². The maximum atomic E-state index is 13.4. The summed E-state index contributed by atoms with van der Waals surface area (Å²) in [5, 5.41) is 13.1. The highest BCUT2D eigenvalue weighted by atomic mass is 16.3. The van der Waals surface area contributed by atoms with Gasteiger partial charge in [0, 0.05) is 18.7 Å². The van der Waals surface area contributed by atoms with Gasteiger partial charge >= 0.3 is 0 Å². The Morgan fingerprint density at radius 2 is 1.73 bits per heavy atom. The minimum absolute atomic E-state index is 0.127. The highest BCUT2D eigenvalue weighted by Crippen LogP contribution is 2.37. The van der Waals surface area contributed by atoms with Crippen molar-refractivity contribution >= 4 is 17.5 Å². The number of hydrogen-bond acceptors (Lipinski definition) is 4. The van der Waals surface area contributed by atoms with Crippen molar-refractivity contribution in [2.45, 2.75) is 77.8 Å². The van der Waals surface area contributed by atoms with Gasteiger partial charge < -0.3 is 21.1 Å². The number of carbonyl (C=O) groups excluding carboxylic acids is 2. The lowest BCUT2D eigenvalue weighted by Crippen LogP contribution is -2.46. The van der Waals surface area contributed by atoms with Crippen LogP contribution in [0.5, 0.6) is 5.75 Å². The molecule has 4 N–H and O–H groups in total. The van der Waals surface area contributed by atoms with Crippen LogP contribution in [0.4, 0.5) is 5.69 Å². The molecule has 1 aliphatic heterocycles. The van der Waals surface area contributed by atoms with Gasteiger partial charge in [-0.3, -0.25) is 9.59 Å². The predicted molar refractivity (Wildman–Crippen MR) is 160 cm³/mol. The van der Waals surface area contributed by atoms with Gasteiger partial charge in [-0.1, -0.05) is 43.3 Å². The Bertz CT molecular complexity index is 1370. The molecule has 2 atom stereocenters. The summed E-state index contributed by atoms with van der Waals surface area (Å²) in [6.45, 7) is 6.44. The third-order valence-electron chi connectivity index (χ3n) is 8.58. The molecule has 0 fully saturated rings. The first kappa shape index (κ1) is 27.9. The molecule has 0 saturated heterocycles. The van der Waals surface area contributed by atoms with Crippen molar-refractivity contribution < 1.29 is 14.7 Å². The van der Waals surface area contributed by atoms with E-state index < -0.39 is 6.04 Å². The minimum Gasteiger partial charge on any atom is -0.508 e. The van der Waals surface area contributed by atoms with E-state index in [1.807, 2.05) is 25.7 Å². The zero-order valence-electron chi connectivity index (χ0n) is 23.9. The zero-order valence-corrected chi connectivity index (χ0v) is 23.9. The van der Waals surface area contributed by atoms with Crippen molar-refractivity contribution in [1.82, 2.24) is 5.32 Å². The Labute approximate surface area is 237 Å². The molecule has 0 radical (unpaired) electrons. The fraction of sp³-hybridized carbons (Fsp3) is 0.412. The summed E-state index contributed by atoms with van der Waals surface area (Å²) in [4.78, 5) is 28.2. The van der Waals surface area contributed by atoms with Crippen LogP contribution in [0.15, 0.2) is 54.6 Å². The van der Waals surface area contributed by atoms with Crippen LogP contribution in [0.1, 0.15) is 71.2 Å². The Hall–Kier alpha value is -3.64. The van der Waals surface area contributed by atoms with E-state index in [9.17, 15) is 14.7 Å². The molecule has 0 unspecified atom stereocenters. The third kappa shape index (κ3) is 5.92. The molecule has 6 nitrogen and oxygen atoms in total. The lowest BCUT2D eigenvalue weighted by molar-refractivity contribution is -0.123. The largest absolute Gasteiger partial charge is 0.508 e. The molecule has 2 amide bonds. The summed E-state index contributed by atoms with van der Waals surface area (Å²) >= 11 is 0. The molecule has 3 aromatic rings. The van der Waals surface area contributed by atoms with Crippen LogP contribution in [-0.2, 0) is 35.3 Å². The van der Waals surface area contributed by atoms with E-state index >= 15 is 0 Å². The van der Waals surface area contributed by atoms with Crippen LogP contribution in [0.2, 0.25) is 0 Å². The number of aromatic hydroxyl groups is 1. The minimum atomic E-state index is -0.717. The third-order valence-corrected chi connectivity index (χ3v) is 8.58. The topological polar surface area (TPSA) is 95.7 Å². The van der Waals surface area contributed by atoms with Crippen molar-refractivity contribution in [2.24, 2.45) is 11.7 Å². The van der Waals surface area contributed by atoms with E-state index in [-0.39, 0.29) is 23.6 Å². The Morgan fingerprint density at radius 3 is 2.38 bits per heavy atom. The fourth-order valence-electron chi connectivity index (χ4n) is 6.56. The Morgan fingerprint density at radius 1 is 1.05 bits per heavy atom. The molecular weight excluding hydrogens is 498 g/mol. The van der Waals surface area contributed by atoms with Gasteiger partial charge in [0.1, 0.15) is 5.75 Å². The lowest BCUT2D eigenvalue weighted by Gasteiger charge is -2.35. The first-order valence-corrected chi connectivity index (χ1v) is 14.6. The number of rotatable bonds is 8. The summed E-state index contributed by atoms with van der Waals surface area (Å²) in [6.07, 6.45) is 5.48. The number of nitrogens with one attached hydrogen (secondary N) is 1. The van der Waals surface area contributed by atoms with E-state index in [1.165, 1.54) is 16.7 Å². The molecule has 3 aromatic carbocycles. The highest BCUT2D eigenvalue weighted by Gasteiger charge is 2.31. The van der Waals surface area contributed by atoms with Crippen LogP contribution in [0.25, 0.3) is 0 Å². The molecule has 0 bridgehead atoms. The molecule has 0 saturated carbocycles. The number of phenolic OH excluding ortho intramolecular Hbond substituents is 1. The number of anilines is 1. The number of carbonyl (C=O) groups is 2. The van der Waals surface area contributed by atoms with Crippen LogP contribution < -0.4 is 16.0 Å². The Kier molecular flexibility index (Phi) is 8.27. The van der Waals surface area contributed by atoms with Crippen LogP contribution in [0.3, 0.4) is 0 Å². The number of phenols is 1. The second-order valence-corrected chi connectivity index (χ2v) is 11.7. The molecule has 0 spiro atoms. The summed E-state index contributed by atoms with van der Waals surface area (Å²) in [5.74, 6) is 0.695. The zero-order chi connectivity index (χ0) is 28.4. The number of benzene rings is 3. The maximum Gasteiger partial charge on any atom is 0.237 e. The molecule has 5 rings (SSSR count). The van der Waals surface area contributed by atoms with Gasteiger partial charge in [0.2, 0.25) is 11.8 Å². The van der Waals surface area contributed by atoms with Crippen molar-refractivity contribution in [3.05, 3.63) is 93.5 Å². The quantitative estimate of drug-likeness (QED) is 0.365. The average molecular weight is 540 g/mol. The number of nitrogens with two attached hydrogens (primary N) is 1. The van der Waals surface area contributed by atoms with E-state index in [0.29, 0.717) is 31.7 Å². The van der Waals surface area contributed by atoms with Crippen LogP contribution in [-0.4, -0.2) is 29.5 Å². The number of fused-ring (bicyclic) bond motifs is 2. The first-order chi connectivity index (χ1) is 19.2. The van der Waals surface area contributed by atoms with Crippen molar-refractivity contribution in [3.8, 4) is 5.75 Å². The number of hydrogen-bond donors (Lipinski definition) is 3. The lowest BCUT2D eigenvalue weighted by atomic mass is 9.90. The first-order valence-electron chi connectivity index (χ1n) is 14.6. The highest BCUT2D eigenvalue weighted by molar-refractivity contribution is 5.95. The van der Waals surface area contributed by atoms with E-state index in [2.05, 4.69) is 47.8 Å². The summed E-state index contributed by atoms with van der Waals surface area (Å²) in [5.41, 5.74) is 15.3. The van der Waals surface area contributed by atoms with Gasteiger partial charge in [0.05, 0.1) is 12.1 Å². The van der Waals surface area contributed by atoms with Crippen LogP contribution >= 0.6 is 0 Å².